The summed E-state index contributed by atoms with van der Waals surface area (Å²) in [7, 11) is 1.58. The number of pyridine rings is 1. The summed E-state index contributed by atoms with van der Waals surface area (Å²) in [6.07, 6.45) is 6.65. The number of imidazole rings is 1. The first-order chi connectivity index (χ1) is 13.2. The zero-order valence-electron chi connectivity index (χ0n) is 15.8. The number of carbonyl (C=O) groups is 1. The Kier molecular flexibility index (Phi) is 6.30. The first kappa shape index (κ1) is 18.8. The predicted octanol–water partition coefficient (Wildman–Crippen LogP) is 3.49. The molecule has 0 atom stereocenters. The molecular weight excluding hydrogens is 342 g/mol. The van der Waals surface area contributed by atoms with Crippen LogP contribution in [0, 0.1) is 0 Å². The van der Waals surface area contributed by atoms with Crippen LogP contribution < -0.4 is 14.8 Å². The standard InChI is InChI=1S/C21H25N3O3/c1-3-4-13-27-18-9-8-16(14-19(18)26-2)21(25)22-11-10-17-15-24-12-6-5-7-20(24)23-17/h5-9,12,14-15H,3-4,10-11,13H2,1-2H3,(H,22,25). The fourth-order valence-corrected chi connectivity index (χ4v) is 2.77. The first-order valence-electron chi connectivity index (χ1n) is 9.23. The minimum Gasteiger partial charge on any atom is -0.493 e. The number of hydrogen-bond acceptors (Lipinski definition) is 4. The van der Waals surface area contributed by atoms with Gasteiger partial charge < -0.3 is 19.2 Å². The smallest absolute Gasteiger partial charge is 0.251 e. The lowest BCUT2D eigenvalue weighted by Gasteiger charge is -2.12. The van der Waals surface area contributed by atoms with Crippen molar-refractivity contribution in [3.05, 3.63) is 60.0 Å². The van der Waals surface area contributed by atoms with E-state index >= 15 is 0 Å². The second-order valence-electron chi connectivity index (χ2n) is 6.27. The highest BCUT2D eigenvalue weighted by Crippen LogP contribution is 2.28. The highest BCUT2D eigenvalue weighted by molar-refractivity contribution is 5.94. The van der Waals surface area contributed by atoms with E-state index in [9.17, 15) is 4.79 Å². The molecular formula is C21H25N3O3. The molecule has 0 bridgehead atoms. The number of rotatable bonds is 9. The molecule has 0 aliphatic rings. The van der Waals surface area contributed by atoms with Crippen molar-refractivity contribution in [3.63, 3.8) is 0 Å². The number of nitrogens with one attached hydrogen (secondary N) is 1. The number of fused-ring (bicyclic) bond motifs is 1. The lowest BCUT2D eigenvalue weighted by atomic mass is 10.2. The summed E-state index contributed by atoms with van der Waals surface area (Å²) in [4.78, 5) is 16.9. The monoisotopic (exact) mass is 367 g/mol. The van der Waals surface area contributed by atoms with E-state index in [1.807, 2.05) is 35.0 Å². The van der Waals surface area contributed by atoms with E-state index < -0.39 is 0 Å². The summed E-state index contributed by atoms with van der Waals surface area (Å²) in [5.74, 6) is 1.09. The van der Waals surface area contributed by atoms with Crippen LogP contribution in [-0.4, -0.2) is 35.6 Å². The van der Waals surface area contributed by atoms with Crippen molar-refractivity contribution in [2.75, 3.05) is 20.3 Å². The average molecular weight is 367 g/mol. The number of methoxy groups -OCH3 is 1. The molecule has 0 radical (unpaired) electrons. The Morgan fingerprint density at radius 2 is 2.11 bits per heavy atom. The second-order valence-corrected chi connectivity index (χ2v) is 6.27. The van der Waals surface area contributed by atoms with Gasteiger partial charge in [0, 0.05) is 30.9 Å². The van der Waals surface area contributed by atoms with E-state index in [1.165, 1.54) is 0 Å². The van der Waals surface area contributed by atoms with Gasteiger partial charge in [-0.15, -0.1) is 0 Å². The minimum atomic E-state index is -0.142. The van der Waals surface area contributed by atoms with Crippen LogP contribution >= 0.6 is 0 Å². The quantitative estimate of drug-likeness (QED) is 0.588. The van der Waals surface area contributed by atoms with Crippen LogP contribution in [0.2, 0.25) is 0 Å². The van der Waals surface area contributed by atoms with Gasteiger partial charge in [0.15, 0.2) is 11.5 Å². The third-order valence-corrected chi connectivity index (χ3v) is 4.26. The maximum atomic E-state index is 12.4. The Morgan fingerprint density at radius 1 is 1.22 bits per heavy atom. The highest BCUT2D eigenvalue weighted by atomic mass is 16.5. The fraction of sp³-hybridized carbons (Fsp3) is 0.333. The Bertz CT molecular complexity index is 872. The van der Waals surface area contributed by atoms with Gasteiger partial charge in [-0.05, 0) is 36.8 Å². The van der Waals surface area contributed by atoms with Crippen LogP contribution in [0.3, 0.4) is 0 Å². The van der Waals surface area contributed by atoms with Crippen molar-refractivity contribution in [2.45, 2.75) is 26.2 Å². The molecule has 0 spiro atoms. The summed E-state index contributed by atoms with van der Waals surface area (Å²) in [5, 5.41) is 2.93. The maximum Gasteiger partial charge on any atom is 0.251 e. The van der Waals surface area contributed by atoms with Gasteiger partial charge in [0.1, 0.15) is 5.65 Å². The molecule has 1 amide bonds. The van der Waals surface area contributed by atoms with Crippen LogP contribution in [-0.2, 0) is 6.42 Å². The zero-order valence-corrected chi connectivity index (χ0v) is 15.8. The van der Waals surface area contributed by atoms with E-state index in [0.717, 1.165) is 24.2 Å². The molecule has 0 aliphatic carbocycles. The molecule has 0 saturated carbocycles. The average Bonchev–Trinajstić information content (AvgIpc) is 3.11. The van der Waals surface area contributed by atoms with Gasteiger partial charge in [-0.1, -0.05) is 19.4 Å². The summed E-state index contributed by atoms with van der Waals surface area (Å²) in [6.45, 7) is 3.26. The number of carbonyl (C=O) groups excluding carboxylic acids is 1. The molecule has 2 aromatic heterocycles. The molecule has 0 aliphatic heterocycles. The third-order valence-electron chi connectivity index (χ3n) is 4.26. The number of nitrogens with zero attached hydrogens (tertiary/aromatic N) is 2. The zero-order chi connectivity index (χ0) is 19.1. The second kappa shape index (κ2) is 9.07. The van der Waals surface area contributed by atoms with E-state index in [1.54, 1.807) is 25.3 Å². The number of benzene rings is 1. The Balaban J connectivity index is 1.56. The van der Waals surface area contributed by atoms with Gasteiger partial charge in [0.2, 0.25) is 0 Å². The summed E-state index contributed by atoms with van der Waals surface area (Å²) >= 11 is 0. The van der Waals surface area contributed by atoms with Crippen molar-refractivity contribution in [3.8, 4) is 11.5 Å². The van der Waals surface area contributed by atoms with Gasteiger partial charge >= 0.3 is 0 Å². The van der Waals surface area contributed by atoms with Gasteiger partial charge in [0.25, 0.3) is 5.91 Å². The molecule has 6 nitrogen and oxygen atoms in total. The Labute approximate surface area is 159 Å². The molecule has 27 heavy (non-hydrogen) atoms. The number of aromatic nitrogens is 2. The largest absolute Gasteiger partial charge is 0.493 e. The Morgan fingerprint density at radius 3 is 2.89 bits per heavy atom. The number of unbranched alkanes of at least 4 members (excludes halogenated alkanes) is 1. The van der Waals surface area contributed by atoms with Crippen molar-refractivity contribution >= 4 is 11.6 Å². The van der Waals surface area contributed by atoms with Gasteiger partial charge in [-0.3, -0.25) is 4.79 Å². The van der Waals surface area contributed by atoms with E-state index in [4.69, 9.17) is 9.47 Å². The molecule has 142 valence electrons. The number of ether oxygens (including phenoxy) is 2. The maximum absolute atomic E-state index is 12.4. The summed E-state index contributed by atoms with van der Waals surface area (Å²) < 4.78 is 13.0. The number of amides is 1. The van der Waals surface area contributed by atoms with Crippen molar-refractivity contribution in [1.29, 1.82) is 0 Å². The van der Waals surface area contributed by atoms with E-state index in [2.05, 4.69) is 17.2 Å². The normalized spacial score (nSPS) is 10.7. The van der Waals surface area contributed by atoms with Crippen molar-refractivity contribution < 1.29 is 14.3 Å². The summed E-state index contributed by atoms with van der Waals surface area (Å²) in [6, 6.07) is 11.1. The topological polar surface area (TPSA) is 64.9 Å². The molecule has 3 aromatic rings. The van der Waals surface area contributed by atoms with Crippen LogP contribution in [0.15, 0.2) is 48.8 Å². The molecule has 3 rings (SSSR count). The van der Waals surface area contributed by atoms with Gasteiger partial charge in [-0.25, -0.2) is 4.98 Å². The van der Waals surface area contributed by atoms with Crippen LogP contribution in [0.5, 0.6) is 11.5 Å². The molecule has 1 aromatic carbocycles. The minimum absolute atomic E-state index is 0.142. The third kappa shape index (κ3) is 4.78. The predicted molar refractivity (Wildman–Crippen MR) is 105 cm³/mol. The Hall–Kier alpha value is -3.02. The summed E-state index contributed by atoms with van der Waals surface area (Å²) in [5.41, 5.74) is 2.39. The fourth-order valence-electron chi connectivity index (χ4n) is 2.77. The first-order valence-corrected chi connectivity index (χ1v) is 9.23. The highest BCUT2D eigenvalue weighted by Gasteiger charge is 2.11. The SMILES string of the molecule is CCCCOc1ccc(C(=O)NCCc2cn3ccccc3n2)cc1OC. The van der Waals surface area contributed by atoms with E-state index in [0.29, 0.717) is 36.6 Å². The molecule has 0 unspecified atom stereocenters. The molecule has 0 fully saturated rings. The molecule has 2 heterocycles. The van der Waals surface area contributed by atoms with Crippen molar-refractivity contribution in [1.82, 2.24) is 14.7 Å². The molecule has 1 N–H and O–H groups in total. The van der Waals surface area contributed by atoms with Crippen molar-refractivity contribution in [2.24, 2.45) is 0 Å². The number of hydrogen-bond donors (Lipinski definition) is 1. The molecule has 0 saturated heterocycles. The molecule has 6 heteroatoms. The van der Waals surface area contributed by atoms with Gasteiger partial charge in [-0.2, -0.15) is 0 Å². The van der Waals surface area contributed by atoms with Crippen LogP contribution in [0.4, 0.5) is 0 Å². The lowest BCUT2D eigenvalue weighted by molar-refractivity contribution is 0.0953. The van der Waals surface area contributed by atoms with Crippen LogP contribution in [0.1, 0.15) is 35.8 Å². The van der Waals surface area contributed by atoms with Crippen LogP contribution in [0.25, 0.3) is 5.65 Å². The van der Waals surface area contributed by atoms with Gasteiger partial charge in [0.05, 0.1) is 19.4 Å². The van der Waals surface area contributed by atoms with E-state index in [-0.39, 0.29) is 5.91 Å². The lowest BCUT2D eigenvalue weighted by Crippen LogP contribution is -2.25.